The van der Waals surface area contributed by atoms with Crippen LogP contribution in [0.1, 0.15) is 6.42 Å². The van der Waals surface area contributed by atoms with Gasteiger partial charge in [-0.3, -0.25) is 19.3 Å². The summed E-state index contributed by atoms with van der Waals surface area (Å²) >= 11 is 2.10. The van der Waals surface area contributed by atoms with Gasteiger partial charge in [0.05, 0.1) is 0 Å². The molecule has 1 heterocycles. The van der Waals surface area contributed by atoms with Crippen LogP contribution in [0.25, 0.3) is 0 Å². The van der Waals surface area contributed by atoms with E-state index < -0.39 is 0 Å². The second kappa shape index (κ2) is 6.11. The Balaban J connectivity index is 2.28. The van der Waals surface area contributed by atoms with E-state index in [0.717, 1.165) is 4.90 Å². The van der Waals surface area contributed by atoms with E-state index in [0.29, 0.717) is 12.2 Å². The van der Waals surface area contributed by atoms with Crippen molar-refractivity contribution in [1.82, 2.24) is 10.2 Å². The molecule has 5 nitrogen and oxygen atoms in total. The maximum atomic E-state index is 11.2. The third-order valence-corrected chi connectivity index (χ3v) is 3.42. The van der Waals surface area contributed by atoms with Gasteiger partial charge < -0.3 is 5.32 Å². The van der Waals surface area contributed by atoms with Crippen LogP contribution >= 0.6 is 30.1 Å². The van der Waals surface area contributed by atoms with Gasteiger partial charge in [-0.25, -0.2) is 0 Å². The second-order valence-electron chi connectivity index (χ2n) is 2.76. The molecule has 0 spiro atoms. The van der Waals surface area contributed by atoms with Crippen LogP contribution in [-0.2, 0) is 14.4 Å². The largest absolute Gasteiger partial charge is 0.338 e. The molecule has 0 saturated carbocycles. The summed E-state index contributed by atoms with van der Waals surface area (Å²) < 4.78 is 0. The highest BCUT2D eigenvalue weighted by Crippen LogP contribution is 2.11. The van der Waals surface area contributed by atoms with Crippen molar-refractivity contribution in [3.05, 3.63) is 12.2 Å². The number of amides is 3. The van der Waals surface area contributed by atoms with E-state index in [1.165, 1.54) is 21.1 Å². The lowest BCUT2D eigenvalue weighted by Gasteiger charge is -2.14. The summed E-state index contributed by atoms with van der Waals surface area (Å²) in [5.41, 5.74) is 0. The fraction of sp³-hybridized carbons (Fsp3) is 0.375. The van der Waals surface area contributed by atoms with Gasteiger partial charge in [-0.1, -0.05) is 8.93 Å². The Kier molecular flexibility index (Phi) is 5.09. The summed E-state index contributed by atoms with van der Waals surface area (Å²) in [6, 6.07) is 0. The fourth-order valence-corrected chi connectivity index (χ4v) is 1.90. The van der Waals surface area contributed by atoms with Crippen molar-refractivity contribution in [3.63, 3.8) is 0 Å². The molecule has 0 aliphatic carbocycles. The fourth-order valence-electron chi connectivity index (χ4n) is 0.974. The molecule has 1 N–H and O–H groups in total. The first-order valence-corrected chi connectivity index (χ1v) is 7.71. The topological polar surface area (TPSA) is 66.5 Å². The molecule has 1 rings (SSSR count). The number of imide groups is 1. The Morgan fingerprint density at radius 1 is 1.40 bits per heavy atom. The van der Waals surface area contributed by atoms with E-state index in [1.807, 2.05) is 0 Å². The molecule has 0 fully saturated rings. The van der Waals surface area contributed by atoms with Crippen LogP contribution in [0.15, 0.2) is 12.2 Å². The van der Waals surface area contributed by atoms with E-state index in [4.69, 9.17) is 0 Å². The minimum atomic E-state index is -0.386. The van der Waals surface area contributed by atoms with Crippen molar-refractivity contribution in [2.75, 3.05) is 12.4 Å². The van der Waals surface area contributed by atoms with Crippen molar-refractivity contribution in [2.24, 2.45) is 0 Å². The number of halogens is 1. The smallest absolute Gasteiger partial charge is 0.255 e. The number of hydrogen-bond donors (Lipinski definition) is 1. The van der Waals surface area contributed by atoms with Crippen LogP contribution in [0.4, 0.5) is 0 Å². The van der Waals surface area contributed by atoms with Crippen LogP contribution in [0.3, 0.4) is 0 Å². The molecular weight excluding hydrogens is 331 g/mol. The molecule has 1 aliphatic rings. The summed E-state index contributed by atoms with van der Waals surface area (Å²) in [5, 5.41) is 2.51. The standard InChI is InChI=1S/C8H9IN2O3S/c9-15-4-3-6(12)10-5-11-7(13)1-2-8(11)14/h1-2H,3-5H2,(H,10,12). The highest BCUT2D eigenvalue weighted by atomic mass is 127. The van der Waals surface area contributed by atoms with Crippen LogP contribution in [0, 0.1) is 0 Å². The monoisotopic (exact) mass is 340 g/mol. The van der Waals surface area contributed by atoms with Crippen molar-refractivity contribution < 1.29 is 14.4 Å². The van der Waals surface area contributed by atoms with Crippen LogP contribution in [0.2, 0.25) is 0 Å². The summed E-state index contributed by atoms with van der Waals surface area (Å²) in [6.07, 6.45) is 2.77. The SMILES string of the molecule is O=C(CCSI)NCN1C(=O)C=CC1=O. The van der Waals surface area contributed by atoms with E-state index in [9.17, 15) is 14.4 Å². The molecule has 0 aromatic heterocycles. The summed E-state index contributed by atoms with van der Waals surface area (Å²) in [6.45, 7) is -0.0462. The van der Waals surface area contributed by atoms with Crippen LogP contribution < -0.4 is 5.32 Å². The molecule has 0 saturated heterocycles. The first kappa shape index (κ1) is 12.5. The van der Waals surface area contributed by atoms with Gasteiger partial charge >= 0.3 is 0 Å². The molecular formula is C8H9IN2O3S. The molecule has 82 valence electrons. The quantitative estimate of drug-likeness (QED) is 0.583. The molecule has 7 heteroatoms. The number of rotatable bonds is 5. The predicted molar refractivity (Wildman–Crippen MR) is 65.1 cm³/mol. The second-order valence-corrected chi connectivity index (χ2v) is 5.25. The Morgan fingerprint density at radius 2 is 2.00 bits per heavy atom. The maximum Gasteiger partial charge on any atom is 0.255 e. The third kappa shape index (κ3) is 3.82. The van der Waals surface area contributed by atoms with Gasteiger partial charge in [0.2, 0.25) is 5.91 Å². The number of nitrogens with zero attached hydrogens (tertiary/aromatic N) is 1. The lowest BCUT2D eigenvalue weighted by atomic mass is 10.4. The van der Waals surface area contributed by atoms with Gasteiger partial charge in [0.1, 0.15) is 6.67 Å². The maximum absolute atomic E-state index is 11.2. The van der Waals surface area contributed by atoms with Gasteiger partial charge in [-0.15, -0.1) is 0 Å². The molecule has 0 aromatic rings. The van der Waals surface area contributed by atoms with Crippen molar-refractivity contribution in [2.45, 2.75) is 6.42 Å². The Morgan fingerprint density at radius 3 is 2.53 bits per heavy atom. The highest BCUT2D eigenvalue weighted by molar-refractivity contribution is 14.2. The van der Waals surface area contributed by atoms with Gasteiger partial charge in [-0.05, 0) is 21.2 Å². The van der Waals surface area contributed by atoms with Crippen molar-refractivity contribution >= 4 is 47.9 Å². The van der Waals surface area contributed by atoms with E-state index >= 15 is 0 Å². The highest BCUT2D eigenvalue weighted by Gasteiger charge is 2.23. The zero-order chi connectivity index (χ0) is 11.3. The van der Waals surface area contributed by atoms with Crippen molar-refractivity contribution in [3.8, 4) is 0 Å². The third-order valence-electron chi connectivity index (χ3n) is 1.74. The minimum absolute atomic E-state index is 0.0462. The Bertz CT molecular complexity index is 301. The van der Waals surface area contributed by atoms with E-state index in [1.54, 1.807) is 0 Å². The van der Waals surface area contributed by atoms with Gasteiger partial charge in [0.25, 0.3) is 11.8 Å². The summed E-state index contributed by atoms with van der Waals surface area (Å²) in [7, 11) is 1.54. The summed E-state index contributed by atoms with van der Waals surface area (Å²) in [4.78, 5) is 34.3. The molecule has 0 atom stereocenters. The van der Waals surface area contributed by atoms with Crippen molar-refractivity contribution in [1.29, 1.82) is 0 Å². The summed E-state index contributed by atoms with van der Waals surface area (Å²) in [5.74, 6) is -0.217. The minimum Gasteiger partial charge on any atom is -0.338 e. The van der Waals surface area contributed by atoms with Gasteiger partial charge in [-0.2, -0.15) is 0 Å². The van der Waals surface area contributed by atoms with Crippen LogP contribution in [-0.4, -0.2) is 35.0 Å². The number of hydrogen-bond acceptors (Lipinski definition) is 4. The normalized spacial score (nSPS) is 14.9. The zero-order valence-electron chi connectivity index (χ0n) is 7.73. The number of carbonyl (C=O) groups excluding carboxylic acids is 3. The zero-order valence-corrected chi connectivity index (χ0v) is 10.7. The molecule has 0 unspecified atom stereocenters. The van der Waals surface area contributed by atoms with Gasteiger partial charge in [0, 0.05) is 24.3 Å². The molecule has 0 aromatic carbocycles. The molecule has 15 heavy (non-hydrogen) atoms. The van der Waals surface area contributed by atoms with Gasteiger partial charge in [0.15, 0.2) is 0 Å². The average molecular weight is 340 g/mol. The Hall–Kier alpha value is -0.570. The predicted octanol–water partition coefficient (Wildman–Crippen LogP) is 0.458. The molecule has 1 aliphatic heterocycles. The average Bonchev–Trinajstić information content (AvgIpc) is 2.53. The first-order chi connectivity index (χ1) is 7.15. The number of carbonyl (C=O) groups is 3. The van der Waals surface area contributed by atoms with E-state index in [-0.39, 0.29) is 24.4 Å². The van der Waals surface area contributed by atoms with Crippen LogP contribution in [0.5, 0.6) is 0 Å². The lowest BCUT2D eigenvalue weighted by molar-refractivity contribution is -0.137. The lowest BCUT2D eigenvalue weighted by Crippen LogP contribution is -2.41. The molecule has 0 bridgehead atoms. The molecule has 0 radical (unpaired) electrons. The Labute approximate surface area is 103 Å². The van der Waals surface area contributed by atoms with E-state index in [2.05, 4.69) is 26.5 Å². The first-order valence-electron chi connectivity index (χ1n) is 4.19. The molecule has 3 amide bonds. The number of nitrogens with one attached hydrogen (secondary N) is 1.